The smallest absolute Gasteiger partial charge is 0.322 e. The van der Waals surface area contributed by atoms with Gasteiger partial charge >= 0.3 is 6.01 Å². The van der Waals surface area contributed by atoms with Gasteiger partial charge in [0.25, 0.3) is 0 Å². The van der Waals surface area contributed by atoms with Gasteiger partial charge in [-0.1, -0.05) is 5.16 Å². The highest BCUT2D eigenvalue weighted by Crippen LogP contribution is 2.27. The van der Waals surface area contributed by atoms with Crippen molar-refractivity contribution in [3.05, 3.63) is 16.3 Å². The molecule has 15 heavy (non-hydrogen) atoms. The standard InChI is InChI=1S/C10H11N3OS/c1-6-4-15-5-8(6)9-12-10(14-13-9)11-7-2-3-7/h4-5,7H,2-3H2,1H3,(H,11,12,13). The summed E-state index contributed by atoms with van der Waals surface area (Å²) in [6.07, 6.45) is 2.41. The summed E-state index contributed by atoms with van der Waals surface area (Å²) in [7, 11) is 0. The summed E-state index contributed by atoms with van der Waals surface area (Å²) >= 11 is 1.65. The highest BCUT2D eigenvalue weighted by Gasteiger charge is 2.23. The highest BCUT2D eigenvalue weighted by molar-refractivity contribution is 7.08. The van der Waals surface area contributed by atoms with Crippen LogP contribution in [0.4, 0.5) is 6.01 Å². The van der Waals surface area contributed by atoms with Crippen molar-refractivity contribution in [3.63, 3.8) is 0 Å². The number of aryl methyl sites for hydroxylation is 1. The normalized spacial score (nSPS) is 15.5. The van der Waals surface area contributed by atoms with Crippen molar-refractivity contribution in [1.29, 1.82) is 0 Å². The minimum absolute atomic E-state index is 0.540. The number of hydrogen-bond acceptors (Lipinski definition) is 5. The van der Waals surface area contributed by atoms with E-state index in [1.807, 2.05) is 5.38 Å². The molecular formula is C10H11N3OS. The van der Waals surface area contributed by atoms with Crippen molar-refractivity contribution in [2.45, 2.75) is 25.8 Å². The van der Waals surface area contributed by atoms with E-state index in [4.69, 9.17) is 4.52 Å². The van der Waals surface area contributed by atoms with E-state index in [0.29, 0.717) is 17.9 Å². The second-order valence-electron chi connectivity index (χ2n) is 3.81. The van der Waals surface area contributed by atoms with E-state index in [2.05, 4.69) is 27.8 Å². The topological polar surface area (TPSA) is 51.0 Å². The maximum Gasteiger partial charge on any atom is 0.322 e. The van der Waals surface area contributed by atoms with Crippen LogP contribution in [-0.2, 0) is 0 Å². The van der Waals surface area contributed by atoms with Gasteiger partial charge in [-0.3, -0.25) is 0 Å². The third-order valence-corrected chi connectivity index (χ3v) is 3.29. The lowest BCUT2D eigenvalue weighted by atomic mass is 10.2. The molecule has 0 radical (unpaired) electrons. The maximum absolute atomic E-state index is 5.13. The molecule has 0 bridgehead atoms. The Balaban J connectivity index is 1.86. The third kappa shape index (κ3) is 1.74. The van der Waals surface area contributed by atoms with Gasteiger partial charge in [0.05, 0.1) is 0 Å². The van der Waals surface area contributed by atoms with Crippen molar-refractivity contribution < 1.29 is 4.52 Å². The van der Waals surface area contributed by atoms with E-state index in [9.17, 15) is 0 Å². The summed E-state index contributed by atoms with van der Waals surface area (Å²) in [6.45, 7) is 2.05. The lowest BCUT2D eigenvalue weighted by Gasteiger charge is -1.92. The Morgan fingerprint density at radius 2 is 2.33 bits per heavy atom. The molecule has 78 valence electrons. The van der Waals surface area contributed by atoms with Crippen molar-refractivity contribution in [2.75, 3.05) is 5.32 Å². The summed E-state index contributed by atoms with van der Waals surface area (Å²) in [4.78, 5) is 4.31. The Morgan fingerprint density at radius 3 is 3.00 bits per heavy atom. The first-order valence-corrected chi connectivity index (χ1v) is 5.90. The van der Waals surface area contributed by atoms with Gasteiger partial charge in [-0.05, 0) is 30.7 Å². The average Bonchev–Trinajstić information content (AvgIpc) is 2.74. The van der Waals surface area contributed by atoms with E-state index in [0.717, 1.165) is 5.56 Å². The fourth-order valence-electron chi connectivity index (χ4n) is 1.38. The van der Waals surface area contributed by atoms with Crippen LogP contribution in [-0.4, -0.2) is 16.2 Å². The van der Waals surface area contributed by atoms with Gasteiger partial charge in [-0.15, -0.1) is 0 Å². The van der Waals surface area contributed by atoms with Gasteiger partial charge in [-0.2, -0.15) is 16.3 Å². The molecule has 4 nitrogen and oxygen atoms in total. The molecule has 0 atom stereocenters. The summed E-state index contributed by atoms with van der Waals surface area (Å²) in [5, 5.41) is 11.3. The van der Waals surface area contributed by atoms with E-state index in [-0.39, 0.29) is 0 Å². The van der Waals surface area contributed by atoms with Crippen LogP contribution in [0.1, 0.15) is 18.4 Å². The first-order chi connectivity index (χ1) is 7.33. The number of aromatic nitrogens is 2. The molecule has 3 rings (SSSR count). The highest BCUT2D eigenvalue weighted by atomic mass is 32.1. The molecule has 1 N–H and O–H groups in total. The molecule has 0 aliphatic heterocycles. The molecule has 1 fully saturated rings. The molecule has 2 aromatic heterocycles. The van der Waals surface area contributed by atoms with Gasteiger partial charge in [-0.25, -0.2) is 0 Å². The summed E-state index contributed by atoms with van der Waals surface area (Å²) < 4.78 is 5.13. The van der Waals surface area contributed by atoms with E-state index in [1.165, 1.54) is 18.4 Å². The fourth-order valence-corrected chi connectivity index (χ4v) is 2.21. The SMILES string of the molecule is Cc1cscc1-c1noc(NC2CC2)n1. The van der Waals surface area contributed by atoms with Crippen molar-refractivity contribution in [3.8, 4) is 11.4 Å². The Labute approximate surface area is 91.3 Å². The predicted octanol–water partition coefficient (Wildman–Crippen LogP) is 2.68. The van der Waals surface area contributed by atoms with Crippen molar-refractivity contribution in [2.24, 2.45) is 0 Å². The van der Waals surface area contributed by atoms with Crippen LogP contribution in [0.2, 0.25) is 0 Å². The number of hydrogen-bond donors (Lipinski definition) is 1. The molecule has 0 spiro atoms. The van der Waals surface area contributed by atoms with Crippen molar-refractivity contribution in [1.82, 2.24) is 10.1 Å². The van der Waals surface area contributed by atoms with Gasteiger partial charge in [0.1, 0.15) is 0 Å². The van der Waals surface area contributed by atoms with E-state index >= 15 is 0 Å². The van der Waals surface area contributed by atoms with Crippen LogP contribution in [0.3, 0.4) is 0 Å². The summed E-state index contributed by atoms with van der Waals surface area (Å²) in [5.41, 5.74) is 2.26. The van der Waals surface area contributed by atoms with Crippen LogP contribution in [0.15, 0.2) is 15.3 Å². The molecule has 1 saturated carbocycles. The molecular weight excluding hydrogens is 210 g/mol. The van der Waals surface area contributed by atoms with Gasteiger partial charge in [0.15, 0.2) is 0 Å². The number of nitrogens with zero attached hydrogens (tertiary/aromatic N) is 2. The zero-order valence-corrected chi connectivity index (χ0v) is 9.17. The molecule has 0 amide bonds. The molecule has 2 heterocycles. The lowest BCUT2D eigenvalue weighted by molar-refractivity contribution is 0.432. The minimum atomic E-state index is 0.540. The molecule has 0 saturated heterocycles. The van der Waals surface area contributed by atoms with E-state index in [1.54, 1.807) is 11.3 Å². The van der Waals surface area contributed by atoms with Gasteiger partial charge < -0.3 is 9.84 Å². The minimum Gasteiger partial charge on any atom is -0.335 e. The second kappa shape index (κ2) is 3.34. The van der Waals surface area contributed by atoms with Crippen LogP contribution in [0.25, 0.3) is 11.4 Å². The monoisotopic (exact) mass is 221 g/mol. The predicted molar refractivity (Wildman–Crippen MR) is 59.0 cm³/mol. The first kappa shape index (κ1) is 8.91. The zero-order chi connectivity index (χ0) is 10.3. The van der Waals surface area contributed by atoms with Gasteiger partial charge in [0.2, 0.25) is 5.82 Å². The molecule has 5 heteroatoms. The molecule has 1 aliphatic carbocycles. The zero-order valence-electron chi connectivity index (χ0n) is 8.36. The number of thiophene rings is 1. The molecule has 1 aliphatic rings. The lowest BCUT2D eigenvalue weighted by Crippen LogP contribution is -2.00. The Bertz CT molecular complexity index is 472. The second-order valence-corrected chi connectivity index (χ2v) is 4.55. The summed E-state index contributed by atoms with van der Waals surface area (Å²) in [6, 6.07) is 1.08. The summed E-state index contributed by atoms with van der Waals surface area (Å²) in [5.74, 6) is 0.678. The maximum atomic E-state index is 5.13. The molecule has 0 unspecified atom stereocenters. The Morgan fingerprint density at radius 1 is 1.47 bits per heavy atom. The van der Waals surface area contributed by atoms with Crippen LogP contribution < -0.4 is 5.32 Å². The Kier molecular flexibility index (Phi) is 1.98. The first-order valence-electron chi connectivity index (χ1n) is 4.96. The quantitative estimate of drug-likeness (QED) is 0.865. The molecule has 0 aromatic carbocycles. The fraction of sp³-hybridized carbons (Fsp3) is 0.400. The Hall–Kier alpha value is -1.36. The number of rotatable bonds is 3. The average molecular weight is 221 g/mol. The third-order valence-electron chi connectivity index (χ3n) is 2.43. The van der Waals surface area contributed by atoms with Gasteiger partial charge in [0, 0.05) is 17.0 Å². The number of nitrogens with one attached hydrogen (secondary N) is 1. The van der Waals surface area contributed by atoms with Crippen LogP contribution in [0, 0.1) is 6.92 Å². The van der Waals surface area contributed by atoms with Crippen LogP contribution in [0.5, 0.6) is 0 Å². The van der Waals surface area contributed by atoms with Crippen LogP contribution >= 0.6 is 11.3 Å². The van der Waals surface area contributed by atoms with Crippen molar-refractivity contribution >= 4 is 17.4 Å². The molecule has 2 aromatic rings. The van der Waals surface area contributed by atoms with E-state index < -0.39 is 0 Å². The largest absolute Gasteiger partial charge is 0.335 e. The number of anilines is 1.